The van der Waals surface area contributed by atoms with E-state index in [9.17, 15) is 0 Å². The van der Waals surface area contributed by atoms with Crippen molar-refractivity contribution in [1.29, 1.82) is 0 Å². The number of thiazole rings is 1. The molecule has 0 atom stereocenters. The first-order valence-corrected chi connectivity index (χ1v) is 5.53. The van der Waals surface area contributed by atoms with Crippen molar-refractivity contribution in [1.82, 2.24) is 15.0 Å². The lowest BCUT2D eigenvalue weighted by Gasteiger charge is -1.90. The maximum Gasteiger partial charge on any atom is 0.212 e. The number of H-pyrrole nitrogens is 1. The SMILES string of the molecule is Cc1nc(-c2csc(N=C(N)N)n2)c(C)[nH]1. The minimum absolute atomic E-state index is 0.0100. The number of guanidine groups is 1. The standard InChI is InChI=1S/C9H12N6S/c1-4-7(13-5(2)12-4)6-3-16-9(14-6)15-8(10)11/h3H,1-2H3,(H,12,13)(H4,10,11,14,15). The summed E-state index contributed by atoms with van der Waals surface area (Å²) in [5.74, 6) is 0.875. The van der Waals surface area contributed by atoms with Crippen LogP contribution < -0.4 is 11.5 Å². The van der Waals surface area contributed by atoms with Gasteiger partial charge in [-0.15, -0.1) is 11.3 Å². The molecular formula is C9H12N6S. The number of aromatic nitrogens is 3. The van der Waals surface area contributed by atoms with Crippen LogP contribution in [0, 0.1) is 13.8 Å². The Hall–Kier alpha value is -1.89. The van der Waals surface area contributed by atoms with E-state index in [2.05, 4.69) is 19.9 Å². The number of rotatable bonds is 2. The first-order valence-electron chi connectivity index (χ1n) is 4.65. The summed E-state index contributed by atoms with van der Waals surface area (Å²) in [5, 5.41) is 2.42. The van der Waals surface area contributed by atoms with Crippen molar-refractivity contribution in [2.24, 2.45) is 16.5 Å². The Kier molecular flexibility index (Phi) is 2.61. The molecule has 0 spiro atoms. The highest BCUT2D eigenvalue weighted by Crippen LogP contribution is 2.27. The average molecular weight is 236 g/mol. The Morgan fingerprint density at radius 2 is 2.12 bits per heavy atom. The molecule has 0 aromatic carbocycles. The molecule has 0 unspecified atom stereocenters. The Morgan fingerprint density at radius 3 is 2.69 bits per heavy atom. The lowest BCUT2D eigenvalue weighted by molar-refractivity contribution is 1.13. The van der Waals surface area contributed by atoms with Crippen LogP contribution in [-0.4, -0.2) is 20.9 Å². The molecule has 2 rings (SSSR count). The number of hydrogen-bond donors (Lipinski definition) is 3. The number of imidazole rings is 1. The fourth-order valence-electron chi connectivity index (χ4n) is 1.39. The van der Waals surface area contributed by atoms with E-state index >= 15 is 0 Å². The molecule has 0 fully saturated rings. The summed E-state index contributed by atoms with van der Waals surface area (Å²) in [4.78, 5) is 15.6. The summed E-state index contributed by atoms with van der Waals surface area (Å²) in [5.41, 5.74) is 13.2. The quantitative estimate of drug-likeness (QED) is 0.535. The van der Waals surface area contributed by atoms with Crippen molar-refractivity contribution in [2.45, 2.75) is 13.8 Å². The molecule has 0 amide bonds. The van der Waals surface area contributed by atoms with Crippen molar-refractivity contribution in [2.75, 3.05) is 0 Å². The van der Waals surface area contributed by atoms with Crippen molar-refractivity contribution >= 4 is 22.4 Å². The molecule has 0 bridgehead atoms. The van der Waals surface area contributed by atoms with Crippen LogP contribution >= 0.6 is 11.3 Å². The molecule has 5 N–H and O–H groups in total. The fraction of sp³-hybridized carbons (Fsp3) is 0.222. The van der Waals surface area contributed by atoms with Gasteiger partial charge >= 0.3 is 0 Å². The first-order chi connectivity index (χ1) is 7.56. The van der Waals surface area contributed by atoms with Crippen LogP contribution in [0.15, 0.2) is 10.4 Å². The smallest absolute Gasteiger partial charge is 0.212 e. The highest BCUT2D eigenvalue weighted by Gasteiger charge is 2.10. The number of nitrogens with zero attached hydrogens (tertiary/aromatic N) is 3. The van der Waals surface area contributed by atoms with Crippen LogP contribution in [0.1, 0.15) is 11.5 Å². The molecule has 7 heteroatoms. The van der Waals surface area contributed by atoms with Gasteiger partial charge in [0, 0.05) is 11.1 Å². The van der Waals surface area contributed by atoms with Crippen LogP contribution in [-0.2, 0) is 0 Å². The van der Waals surface area contributed by atoms with E-state index in [0.29, 0.717) is 5.13 Å². The van der Waals surface area contributed by atoms with E-state index in [-0.39, 0.29) is 5.96 Å². The van der Waals surface area contributed by atoms with Crippen molar-refractivity contribution in [3.63, 3.8) is 0 Å². The summed E-state index contributed by atoms with van der Waals surface area (Å²) in [7, 11) is 0. The zero-order chi connectivity index (χ0) is 11.7. The van der Waals surface area contributed by atoms with Gasteiger partial charge in [-0.1, -0.05) is 0 Å². The van der Waals surface area contributed by atoms with Gasteiger partial charge in [-0.3, -0.25) is 0 Å². The zero-order valence-electron chi connectivity index (χ0n) is 8.98. The Morgan fingerprint density at radius 1 is 1.38 bits per heavy atom. The van der Waals surface area contributed by atoms with E-state index in [1.807, 2.05) is 19.2 Å². The van der Waals surface area contributed by atoms with Crippen LogP contribution in [0.5, 0.6) is 0 Å². The number of aromatic amines is 1. The van der Waals surface area contributed by atoms with E-state index in [1.54, 1.807) is 0 Å². The molecule has 16 heavy (non-hydrogen) atoms. The van der Waals surface area contributed by atoms with Crippen molar-refractivity contribution in [3.8, 4) is 11.4 Å². The third-order valence-electron chi connectivity index (χ3n) is 1.96. The van der Waals surface area contributed by atoms with Crippen molar-refractivity contribution in [3.05, 3.63) is 16.9 Å². The molecule has 6 nitrogen and oxygen atoms in total. The molecule has 0 aliphatic heterocycles. The molecule has 2 heterocycles. The minimum atomic E-state index is 0.0100. The average Bonchev–Trinajstić information content (AvgIpc) is 2.72. The second-order valence-electron chi connectivity index (χ2n) is 3.35. The van der Waals surface area contributed by atoms with Crippen LogP contribution in [0.25, 0.3) is 11.4 Å². The lowest BCUT2D eigenvalue weighted by atomic mass is 10.3. The molecule has 0 saturated heterocycles. The third kappa shape index (κ3) is 2.03. The largest absolute Gasteiger partial charge is 0.370 e. The molecule has 0 aliphatic rings. The first kappa shape index (κ1) is 10.6. The number of nitrogens with two attached hydrogens (primary N) is 2. The number of nitrogens with one attached hydrogen (secondary N) is 1. The Balaban J connectivity index is 2.39. The maximum atomic E-state index is 5.28. The predicted molar refractivity (Wildman–Crippen MR) is 64.6 cm³/mol. The highest BCUT2D eigenvalue weighted by atomic mass is 32.1. The van der Waals surface area contributed by atoms with Gasteiger partial charge in [-0.2, -0.15) is 4.99 Å². The molecular weight excluding hydrogens is 224 g/mol. The summed E-state index contributed by atoms with van der Waals surface area (Å²) in [6, 6.07) is 0. The number of hydrogen-bond acceptors (Lipinski definition) is 4. The van der Waals surface area contributed by atoms with Gasteiger partial charge in [0.25, 0.3) is 0 Å². The van der Waals surface area contributed by atoms with Gasteiger partial charge in [0.1, 0.15) is 17.2 Å². The second kappa shape index (κ2) is 3.93. The fourth-order valence-corrected chi connectivity index (χ4v) is 2.08. The van der Waals surface area contributed by atoms with Crippen LogP contribution in [0.2, 0.25) is 0 Å². The lowest BCUT2D eigenvalue weighted by Crippen LogP contribution is -2.21. The van der Waals surface area contributed by atoms with Gasteiger partial charge in [0.15, 0.2) is 5.96 Å². The second-order valence-corrected chi connectivity index (χ2v) is 4.18. The minimum Gasteiger partial charge on any atom is -0.370 e. The predicted octanol–water partition coefficient (Wildman–Crippen LogP) is 1.05. The summed E-state index contributed by atoms with van der Waals surface area (Å²) >= 11 is 1.38. The van der Waals surface area contributed by atoms with E-state index in [0.717, 1.165) is 22.9 Å². The molecule has 0 aliphatic carbocycles. The molecule has 0 radical (unpaired) electrons. The normalized spacial score (nSPS) is 10.4. The summed E-state index contributed by atoms with van der Waals surface area (Å²) < 4.78 is 0. The third-order valence-corrected chi connectivity index (χ3v) is 2.70. The van der Waals surface area contributed by atoms with Gasteiger partial charge in [-0.25, -0.2) is 9.97 Å². The number of aryl methyl sites for hydroxylation is 2. The maximum absolute atomic E-state index is 5.28. The topological polar surface area (TPSA) is 106 Å². The van der Waals surface area contributed by atoms with Crippen molar-refractivity contribution < 1.29 is 0 Å². The summed E-state index contributed by atoms with van der Waals surface area (Å²) in [6.07, 6.45) is 0. The van der Waals surface area contributed by atoms with E-state index < -0.39 is 0 Å². The van der Waals surface area contributed by atoms with Gasteiger partial charge < -0.3 is 16.5 Å². The summed E-state index contributed by atoms with van der Waals surface area (Å²) in [6.45, 7) is 3.86. The number of aliphatic imine (C=N–C) groups is 1. The van der Waals surface area contributed by atoms with Crippen LogP contribution in [0.3, 0.4) is 0 Å². The monoisotopic (exact) mass is 236 g/mol. The van der Waals surface area contributed by atoms with Gasteiger partial charge in [0.05, 0.1) is 0 Å². The van der Waals surface area contributed by atoms with Gasteiger partial charge in [-0.05, 0) is 13.8 Å². The molecule has 2 aromatic heterocycles. The van der Waals surface area contributed by atoms with Crippen LogP contribution in [0.4, 0.5) is 5.13 Å². The zero-order valence-corrected chi connectivity index (χ0v) is 9.80. The molecule has 0 saturated carbocycles. The van der Waals surface area contributed by atoms with E-state index in [1.165, 1.54) is 11.3 Å². The van der Waals surface area contributed by atoms with Gasteiger partial charge in [0.2, 0.25) is 5.13 Å². The Bertz CT molecular complexity index is 534. The highest BCUT2D eigenvalue weighted by molar-refractivity contribution is 7.13. The molecule has 2 aromatic rings. The Labute approximate surface area is 96.4 Å². The molecule has 84 valence electrons. The van der Waals surface area contributed by atoms with E-state index in [4.69, 9.17) is 11.5 Å².